The number of piperazine rings is 1. The molecule has 8 nitrogen and oxygen atoms in total. The summed E-state index contributed by atoms with van der Waals surface area (Å²) >= 11 is 1.15. The second-order valence-electron chi connectivity index (χ2n) is 7.82. The number of nitrogens with zero attached hydrogens (tertiary/aromatic N) is 5. The largest absolute Gasteiger partial charge is 0.470 e. The normalized spacial score (nSPS) is 20.4. The molecule has 0 bridgehead atoms. The summed E-state index contributed by atoms with van der Waals surface area (Å²) in [6, 6.07) is 14.5. The predicted octanol–water partition coefficient (Wildman–Crippen LogP) is 2.90. The summed E-state index contributed by atoms with van der Waals surface area (Å²) in [4.78, 5) is 20.7. The first kappa shape index (κ1) is 19.7. The van der Waals surface area contributed by atoms with Crippen molar-refractivity contribution in [3.8, 4) is 5.88 Å². The van der Waals surface area contributed by atoms with Crippen molar-refractivity contribution in [1.82, 2.24) is 23.9 Å². The third-order valence-corrected chi connectivity index (χ3v) is 6.26. The molecule has 0 unspecified atom stereocenters. The highest BCUT2D eigenvalue weighted by Crippen LogP contribution is 2.40. The van der Waals surface area contributed by atoms with Gasteiger partial charge in [0, 0.05) is 50.5 Å². The molecular weight excluding hydrogens is 412 g/mol. The van der Waals surface area contributed by atoms with E-state index in [1.165, 1.54) is 5.56 Å². The number of aromatic nitrogens is 3. The highest BCUT2D eigenvalue weighted by Gasteiger charge is 2.40. The first-order valence-corrected chi connectivity index (χ1v) is 11.2. The topological polar surface area (TPSA) is 83.5 Å². The SMILES string of the molecule is O=C(N[C@H]1C[C@@H]1c1ccccc1)N1CCN(c2nsnc2OCc2ccncc2)CC1. The molecule has 2 aromatic heterocycles. The molecule has 2 aliphatic rings. The number of hydrogen-bond acceptors (Lipinski definition) is 7. The molecule has 1 aliphatic carbocycles. The molecule has 2 fully saturated rings. The molecule has 2 amide bonds. The van der Waals surface area contributed by atoms with E-state index in [0.29, 0.717) is 44.6 Å². The predicted molar refractivity (Wildman–Crippen MR) is 118 cm³/mol. The maximum Gasteiger partial charge on any atom is 0.317 e. The minimum atomic E-state index is 0.0219. The van der Waals surface area contributed by atoms with Crippen LogP contribution in [0.5, 0.6) is 5.88 Å². The van der Waals surface area contributed by atoms with Gasteiger partial charge in [-0.3, -0.25) is 4.98 Å². The highest BCUT2D eigenvalue weighted by molar-refractivity contribution is 6.99. The van der Waals surface area contributed by atoms with Gasteiger partial charge in [0.15, 0.2) is 0 Å². The number of benzene rings is 1. The van der Waals surface area contributed by atoms with Gasteiger partial charge >= 0.3 is 6.03 Å². The third kappa shape index (κ3) is 4.61. The smallest absolute Gasteiger partial charge is 0.317 e. The lowest BCUT2D eigenvalue weighted by atomic mass is 10.1. The van der Waals surface area contributed by atoms with Crippen molar-refractivity contribution in [2.24, 2.45) is 0 Å². The van der Waals surface area contributed by atoms with Gasteiger partial charge in [-0.05, 0) is 29.7 Å². The molecule has 3 aromatic rings. The van der Waals surface area contributed by atoms with E-state index >= 15 is 0 Å². The fourth-order valence-corrected chi connectivity index (χ4v) is 4.41. The minimum Gasteiger partial charge on any atom is -0.470 e. The maximum atomic E-state index is 12.7. The molecule has 160 valence electrons. The Morgan fingerprint density at radius 2 is 1.84 bits per heavy atom. The first-order valence-electron chi connectivity index (χ1n) is 10.5. The quantitative estimate of drug-likeness (QED) is 0.640. The fourth-order valence-electron chi connectivity index (χ4n) is 3.89. The average Bonchev–Trinajstić information content (AvgIpc) is 3.43. The summed E-state index contributed by atoms with van der Waals surface area (Å²) in [7, 11) is 0. The Hall–Kier alpha value is -3.20. The van der Waals surface area contributed by atoms with Crippen molar-refractivity contribution in [2.75, 3.05) is 31.1 Å². The lowest BCUT2D eigenvalue weighted by molar-refractivity contribution is 0.193. The second kappa shape index (κ2) is 8.89. The van der Waals surface area contributed by atoms with Crippen LogP contribution in [0.4, 0.5) is 10.6 Å². The van der Waals surface area contributed by atoms with Crippen molar-refractivity contribution in [2.45, 2.75) is 25.0 Å². The van der Waals surface area contributed by atoms with Gasteiger partial charge in [0.1, 0.15) is 6.61 Å². The van der Waals surface area contributed by atoms with Crippen molar-refractivity contribution in [1.29, 1.82) is 0 Å². The zero-order valence-electron chi connectivity index (χ0n) is 17.1. The Balaban J connectivity index is 1.11. The van der Waals surface area contributed by atoms with E-state index in [0.717, 1.165) is 29.5 Å². The molecule has 31 heavy (non-hydrogen) atoms. The Morgan fingerprint density at radius 3 is 2.61 bits per heavy atom. The molecule has 1 aliphatic heterocycles. The number of anilines is 1. The summed E-state index contributed by atoms with van der Waals surface area (Å²) in [5, 5.41) is 3.18. The van der Waals surface area contributed by atoms with Crippen LogP contribution in [0, 0.1) is 0 Å². The summed E-state index contributed by atoms with van der Waals surface area (Å²) in [5.74, 6) is 1.74. The van der Waals surface area contributed by atoms with E-state index in [1.807, 2.05) is 35.2 Å². The molecule has 1 N–H and O–H groups in total. The van der Waals surface area contributed by atoms with E-state index in [4.69, 9.17) is 4.74 Å². The van der Waals surface area contributed by atoms with E-state index in [2.05, 4.69) is 36.1 Å². The van der Waals surface area contributed by atoms with Gasteiger partial charge in [0.05, 0.1) is 11.7 Å². The summed E-state index contributed by atoms with van der Waals surface area (Å²) in [5.41, 5.74) is 2.33. The van der Waals surface area contributed by atoms with Crippen LogP contribution in [0.2, 0.25) is 0 Å². The number of urea groups is 1. The van der Waals surface area contributed by atoms with Crippen LogP contribution in [0.15, 0.2) is 54.9 Å². The molecule has 0 radical (unpaired) electrons. The van der Waals surface area contributed by atoms with Crippen molar-refractivity contribution >= 4 is 23.6 Å². The number of ether oxygens (including phenoxy) is 1. The minimum absolute atomic E-state index is 0.0219. The number of nitrogens with one attached hydrogen (secondary N) is 1. The van der Waals surface area contributed by atoms with Crippen LogP contribution < -0.4 is 15.0 Å². The van der Waals surface area contributed by atoms with E-state index in [9.17, 15) is 4.79 Å². The summed E-state index contributed by atoms with van der Waals surface area (Å²) < 4.78 is 14.6. The molecule has 1 saturated heterocycles. The van der Waals surface area contributed by atoms with E-state index in [1.54, 1.807) is 12.4 Å². The Bertz CT molecular complexity index is 1010. The van der Waals surface area contributed by atoms with Crippen LogP contribution in [-0.2, 0) is 6.61 Å². The van der Waals surface area contributed by atoms with E-state index in [-0.39, 0.29) is 12.1 Å². The monoisotopic (exact) mass is 436 g/mol. The van der Waals surface area contributed by atoms with Crippen LogP contribution in [0.1, 0.15) is 23.5 Å². The molecule has 5 rings (SSSR count). The second-order valence-corrected chi connectivity index (χ2v) is 8.35. The van der Waals surface area contributed by atoms with Crippen molar-refractivity contribution < 1.29 is 9.53 Å². The van der Waals surface area contributed by atoms with Crippen molar-refractivity contribution in [3.05, 3.63) is 66.0 Å². The number of pyridine rings is 1. The number of carbonyl (C=O) groups is 1. The number of carbonyl (C=O) groups excluding carboxylic acids is 1. The summed E-state index contributed by atoms with van der Waals surface area (Å²) in [6.07, 6.45) is 4.50. The van der Waals surface area contributed by atoms with Gasteiger partial charge in [-0.25, -0.2) is 4.79 Å². The number of hydrogen-bond donors (Lipinski definition) is 1. The molecule has 0 spiro atoms. The first-order chi connectivity index (χ1) is 15.3. The van der Waals surface area contributed by atoms with E-state index < -0.39 is 0 Å². The summed E-state index contributed by atoms with van der Waals surface area (Å²) in [6.45, 7) is 3.13. The van der Waals surface area contributed by atoms with Crippen LogP contribution in [0.25, 0.3) is 0 Å². The molecular formula is C22H24N6O2S. The molecule has 9 heteroatoms. The van der Waals surface area contributed by atoms with Crippen molar-refractivity contribution in [3.63, 3.8) is 0 Å². The lowest BCUT2D eigenvalue weighted by Crippen LogP contribution is -2.52. The highest BCUT2D eigenvalue weighted by atomic mass is 32.1. The molecule has 2 atom stereocenters. The average molecular weight is 437 g/mol. The maximum absolute atomic E-state index is 12.7. The zero-order chi connectivity index (χ0) is 21.0. The van der Waals surface area contributed by atoms with Crippen LogP contribution >= 0.6 is 11.7 Å². The van der Waals surface area contributed by atoms with Gasteiger partial charge in [0.2, 0.25) is 5.82 Å². The molecule has 1 saturated carbocycles. The fraction of sp³-hybridized carbons (Fsp3) is 0.364. The number of amides is 2. The molecule has 1 aromatic carbocycles. The van der Waals surface area contributed by atoms with Crippen LogP contribution in [0.3, 0.4) is 0 Å². The van der Waals surface area contributed by atoms with Gasteiger partial charge < -0.3 is 19.9 Å². The van der Waals surface area contributed by atoms with Gasteiger partial charge in [-0.1, -0.05) is 30.3 Å². The van der Waals surface area contributed by atoms with Gasteiger partial charge in [-0.15, -0.1) is 4.37 Å². The lowest BCUT2D eigenvalue weighted by Gasteiger charge is -2.34. The Labute approximate surface area is 185 Å². The molecule has 3 heterocycles. The van der Waals surface area contributed by atoms with Gasteiger partial charge in [-0.2, -0.15) is 4.37 Å². The third-order valence-electron chi connectivity index (χ3n) is 5.76. The Morgan fingerprint density at radius 1 is 1.06 bits per heavy atom. The number of rotatable bonds is 6. The standard InChI is InChI=1S/C22H24N6O2S/c29-22(24-19-14-18(19)17-4-2-1-3-5-17)28-12-10-27(11-13-28)20-21(26-31-25-20)30-15-16-6-8-23-9-7-16/h1-9,18-19H,10-15H2,(H,24,29)/t18-,19+/m1/s1. The Kier molecular flexibility index (Phi) is 5.66. The van der Waals surface area contributed by atoms with Crippen LogP contribution in [-0.4, -0.2) is 56.9 Å². The van der Waals surface area contributed by atoms with Gasteiger partial charge in [0.25, 0.3) is 5.88 Å². The zero-order valence-corrected chi connectivity index (χ0v) is 17.9.